The maximum absolute atomic E-state index is 9.29. The molecule has 0 aliphatic carbocycles. The number of rotatable bonds is 6. The van der Waals surface area contributed by atoms with E-state index >= 15 is 0 Å². The summed E-state index contributed by atoms with van der Waals surface area (Å²) in [6.45, 7) is 1.35. The standard InChI is InChI=1S/C18H22N6O.HI/c1-19-18(20-11-4-5-14-7-9-15(25)10-8-14)21-13-17-23-22-16-6-2-3-12-24(16)17;/h2-3,6-10,12,25H,4-5,11,13H2,1H3,(H2,19,20,21);1H. The molecule has 138 valence electrons. The van der Waals surface area contributed by atoms with Crippen LogP contribution in [0.15, 0.2) is 53.7 Å². The van der Waals surface area contributed by atoms with Crippen LogP contribution in [0.25, 0.3) is 5.65 Å². The number of hydrogen-bond donors (Lipinski definition) is 3. The van der Waals surface area contributed by atoms with Gasteiger partial charge in [-0.05, 0) is 42.7 Å². The molecule has 2 heterocycles. The van der Waals surface area contributed by atoms with Crippen molar-refractivity contribution in [1.82, 2.24) is 25.2 Å². The van der Waals surface area contributed by atoms with Gasteiger partial charge in [0.25, 0.3) is 0 Å². The van der Waals surface area contributed by atoms with E-state index in [0.717, 1.165) is 36.8 Å². The van der Waals surface area contributed by atoms with Gasteiger partial charge in [-0.2, -0.15) is 0 Å². The van der Waals surface area contributed by atoms with Gasteiger partial charge in [-0.3, -0.25) is 9.39 Å². The van der Waals surface area contributed by atoms with Crippen molar-refractivity contribution in [3.63, 3.8) is 0 Å². The van der Waals surface area contributed by atoms with Crippen molar-refractivity contribution in [2.75, 3.05) is 13.6 Å². The Morgan fingerprint density at radius 1 is 1.12 bits per heavy atom. The Morgan fingerprint density at radius 3 is 2.69 bits per heavy atom. The largest absolute Gasteiger partial charge is 0.508 e. The Hall–Kier alpha value is -2.36. The number of guanidine groups is 1. The third-order valence-corrected chi connectivity index (χ3v) is 3.89. The molecule has 3 aromatic rings. The number of phenolic OH excluding ortho intramolecular Hbond substituents is 1. The molecule has 0 saturated carbocycles. The molecule has 8 heteroatoms. The Bertz CT molecular complexity index is 846. The molecule has 3 rings (SSSR count). The van der Waals surface area contributed by atoms with Crippen molar-refractivity contribution in [2.45, 2.75) is 19.4 Å². The summed E-state index contributed by atoms with van der Waals surface area (Å²) in [5.74, 6) is 1.87. The van der Waals surface area contributed by atoms with Crippen LogP contribution in [-0.4, -0.2) is 39.3 Å². The third-order valence-electron chi connectivity index (χ3n) is 3.89. The zero-order valence-corrected chi connectivity index (χ0v) is 16.9. The molecular weight excluding hydrogens is 443 g/mol. The van der Waals surface area contributed by atoms with Gasteiger partial charge in [0.05, 0.1) is 6.54 Å². The van der Waals surface area contributed by atoms with Crippen LogP contribution < -0.4 is 10.6 Å². The number of pyridine rings is 1. The summed E-state index contributed by atoms with van der Waals surface area (Å²) >= 11 is 0. The first-order chi connectivity index (χ1) is 12.3. The van der Waals surface area contributed by atoms with Gasteiger partial charge in [-0.1, -0.05) is 18.2 Å². The average Bonchev–Trinajstić information content (AvgIpc) is 3.06. The zero-order valence-electron chi connectivity index (χ0n) is 14.6. The molecule has 0 saturated heterocycles. The summed E-state index contributed by atoms with van der Waals surface area (Å²) in [6, 6.07) is 13.1. The van der Waals surface area contributed by atoms with E-state index in [-0.39, 0.29) is 24.0 Å². The van der Waals surface area contributed by atoms with E-state index < -0.39 is 0 Å². The summed E-state index contributed by atoms with van der Waals surface area (Å²) in [5, 5.41) is 24.2. The van der Waals surface area contributed by atoms with Crippen molar-refractivity contribution in [3.05, 3.63) is 60.0 Å². The van der Waals surface area contributed by atoms with Crippen molar-refractivity contribution < 1.29 is 5.11 Å². The first kappa shape index (κ1) is 20.0. The lowest BCUT2D eigenvalue weighted by Crippen LogP contribution is -2.37. The second-order valence-corrected chi connectivity index (χ2v) is 5.67. The number of aliphatic imine (C=N–C) groups is 1. The Morgan fingerprint density at radius 2 is 1.92 bits per heavy atom. The quantitative estimate of drug-likeness (QED) is 0.225. The molecule has 26 heavy (non-hydrogen) atoms. The molecular formula is C18H23IN6O. The van der Waals surface area contributed by atoms with Crippen molar-refractivity contribution in [3.8, 4) is 5.75 Å². The van der Waals surface area contributed by atoms with Gasteiger partial charge >= 0.3 is 0 Å². The van der Waals surface area contributed by atoms with Gasteiger partial charge in [-0.15, -0.1) is 34.2 Å². The monoisotopic (exact) mass is 466 g/mol. The van der Waals surface area contributed by atoms with Gasteiger partial charge in [0.1, 0.15) is 5.75 Å². The number of nitrogens with one attached hydrogen (secondary N) is 2. The fourth-order valence-electron chi connectivity index (χ4n) is 2.56. The van der Waals surface area contributed by atoms with Crippen LogP contribution in [0, 0.1) is 0 Å². The summed E-state index contributed by atoms with van der Waals surface area (Å²) in [6.07, 6.45) is 3.86. The number of phenols is 1. The molecule has 1 aromatic carbocycles. The van der Waals surface area contributed by atoms with E-state index in [1.165, 1.54) is 5.56 Å². The van der Waals surface area contributed by atoms with Crippen LogP contribution in [0.5, 0.6) is 5.75 Å². The minimum Gasteiger partial charge on any atom is -0.508 e. The highest BCUT2D eigenvalue weighted by molar-refractivity contribution is 14.0. The number of aromatic nitrogens is 3. The van der Waals surface area contributed by atoms with E-state index in [1.807, 2.05) is 40.9 Å². The predicted molar refractivity (Wildman–Crippen MR) is 113 cm³/mol. The highest BCUT2D eigenvalue weighted by Crippen LogP contribution is 2.10. The second-order valence-electron chi connectivity index (χ2n) is 5.67. The molecule has 7 nitrogen and oxygen atoms in total. The average molecular weight is 466 g/mol. The molecule has 0 bridgehead atoms. The molecule has 0 unspecified atom stereocenters. The highest BCUT2D eigenvalue weighted by Gasteiger charge is 2.05. The fourth-order valence-corrected chi connectivity index (χ4v) is 2.56. The maximum Gasteiger partial charge on any atom is 0.191 e. The first-order valence-corrected chi connectivity index (χ1v) is 8.27. The van der Waals surface area contributed by atoms with E-state index in [2.05, 4.69) is 25.8 Å². The molecule has 0 fully saturated rings. The molecule has 0 aliphatic rings. The summed E-state index contributed by atoms with van der Waals surface area (Å²) < 4.78 is 1.95. The molecule has 0 atom stereocenters. The highest BCUT2D eigenvalue weighted by atomic mass is 127. The van der Waals surface area contributed by atoms with Gasteiger partial charge in [-0.25, -0.2) is 0 Å². The number of hydrogen-bond acceptors (Lipinski definition) is 4. The number of fused-ring (bicyclic) bond motifs is 1. The van der Waals surface area contributed by atoms with Crippen LogP contribution in [0.2, 0.25) is 0 Å². The van der Waals surface area contributed by atoms with Crippen LogP contribution in [0.1, 0.15) is 17.8 Å². The van der Waals surface area contributed by atoms with Crippen molar-refractivity contribution >= 4 is 35.6 Å². The summed E-state index contributed by atoms with van der Waals surface area (Å²) in [4.78, 5) is 4.23. The molecule has 3 N–H and O–H groups in total. The van der Waals surface area contributed by atoms with Gasteiger partial charge in [0, 0.05) is 19.8 Å². The smallest absolute Gasteiger partial charge is 0.191 e. The van der Waals surface area contributed by atoms with Crippen molar-refractivity contribution in [2.24, 2.45) is 4.99 Å². The van der Waals surface area contributed by atoms with E-state index in [1.54, 1.807) is 19.2 Å². The van der Waals surface area contributed by atoms with Crippen LogP contribution in [0.3, 0.4) is 0 Å². The summed E-state index contributed by atoms with van der Waals surface area (Å²) in [5.41, 5.74) is 2.04. The molecule has 0 spiro atoms. The fraction of sp³-hybridized carbons (Fsp3) is 0.278. The number of aryl methyl sites for hydroxylation is 1. The van der Waals surface area contributed by atoms with Crippen molar-refractivity contribution in [1.29, 1.82) is 0 Å². The number of benzene rings is 1. The van der Waals surface area contributed by atoms with E-state index in [9.17, 15) is 5.11 Å². The lowest BCUT2D eigenvalue weighted by molar-refractivity contribution is 0.475. The Labute approximate surface area is 169 Å². The molecule has 0 aliphatic heterocycles. The minimum absolute atomic E-state index is 0. The number of nitrogens with zero attached hydrogens (tertiary/aromatic N) is 4. The predicted octanol–water partition coefficient (Wildman–Crippen LogP) is 2.35. The van der Waals surface area contributed by atoms with Crippen LogP contribution >= 0.6 is 24.0 Å². The third kappa shape index (κ3) is 5.32. The molecule has 0 radical (unpaired) electrons. The maximum atomic E-state index is 9.29. The Balaban J connectivity index is 0.00000243. The van der Waals surface area contributed by atoms with Gasteiger partial charge in [0.15, 0.2) is 17.4 Å². The minimum atomic E-state index is 0. The van der Waals surface area contributed by atoms with Gasteiger partial charge in [0.2, 0.25) is 0 Å². The number of halogens is 1. The lowest BCUT2D eigenvalue weighted by atomic mass is 10.1. The first-order valence-electron chi connectivity index (χ1n) is 8.27. The number of aromatic hydroxyl groups is 1. The van der Waals surface area contributed by atoms with E-state index in [0.29, 0.717) is 12.3 Å². The van der Waals surface area contributed by atoms with Crippen LogP contribution in [-0.2, 0) is 13.0 Å². The topological polar surface area (TPSA) is 86.8 Å². The lowest BCUT2D eigenvalue weighted by Gasteiger charge is -2.11. The van der Waals surface area contributed by atoms with Crippen LogP contribution in [0.4, 0.5) is 0 Å². The molecule has 0 amide bonds. The zero-order chi connectivity index (χ0) is 17.5. The molecule has 2 aromatic heterocycles. The van der Waals surface area contributed by atoms with Gasteiger partial charge < -0.3 is 15.7 Å². The SMILES string of the molecule is CN=C(NCCCc1ccc(O)cc1)NCc1nnc2ccccn12.I. The normalized spacial score (nSPS) is 11.2. The van der Waals surface area contributed by atoms with E-state index in [4.69, 9.17) is 0 Å². The Kier molecular flexibility index (Phi) is 7.64. The summed E-state index contributed by atoms with van der Waals surface area (Å²) in [7, 11) is 1.75. The second kappa shape index (κ2) is 9.95.